The number of rotatable bonds is 2. The lowest BCUT2D eigenvalue weighted by Gasteiger charge is -2.30. The molecule has 2 fully saturated rings. The van der Waals surface area contributed by atoms with Gasteiger partial charge in [-0.1, -0.05) is 12.1 Å². The molecule has 5 nitrogen and oxygen atoms in total. The minimum atomic E-state index is 0.129. The van der Waals surface area contributed by atoms with Gasteiger partial charge in [0.05, 0.1) is 12.0 Å². The van der Waals surface area contributed by atoms with Gasteiger partial charge in [0.1, 0.15) is 13.2 Å². The molecule has 2 saturated heterocycles. The summed E-state index contributed by atoms with van der Waals surface area (Å²) in [5.41, 5.74) is 1.11. The lowest BCUT2D eigenvalue weighted by atomic mass is 10.0. The Bertz CT molecular complexity index is 569. The second-order valence-electron chi connectivity index (χ2n) is 6.25. The molecule has 3 aliphatic rings. The summed E-state index contributed by atoms with van der Waals surface area (Å²) in [5.74, 6) is 2.08. The van der Waals surface area contributed by atoms with Crippen LogP contribution in [-0.4, -0.2) is 43.7 Å². The topological polar surface area (TPSA) is 50.8 Å². The summed E-state index contributed by atoms with van der Waals surface area (Å²) in [7, 11) is 0. The van der Waals surface area contributed by atoms with E-state index in [9.17, 15) is 4.79 Å². The minimum Gasteiger partial charge on any atom is -0.486 e. The van der Waals surface area contributed by atoms with E-state index >= 15 is 0 Å². The number of hydrogen-bond donors (Lipinski definition) is 1. The molecule has 1 N–H and O–H groups in total. The normalized spacial score (nSPS) is 27.2. The summed E-state index contributed by atoms with van der Waals surface area (Å²) in [6, 6.07) is 6.15. The molecule has 0 radical (unpaired) electrons. The molecular formula is C17H22N2O3. The standard InChI is InChI=1S/C17H22N2O3/c20-17(12-6-7-18-11-12)19-8-2-4-14(19)13-3-1-5-15-16(13)22-10-9-21-15/h1,3,5,12,14,18H,2,4,6-11H2. The number of nitrogens with one attached hydrogen (secondary N) is 1. The minimum absolute atomic E-state index is 0.129. The molecule has 22 heavy (non-hydrogen) atoms. The Morgan fingerprint density at radius 2 is 2.14 bits per heavy atom. The van der Waals surface area contributed by atoms with Gasteiger partial charge >= 0.3 is 0 Å². The Hall–Kier alpha value is -1.75. The molecular weight excluding hydrogens is 280 g/mol. The summed E-state index contributed by atoms with van der Waals surface area (Å²) in [4.78, 5) is 14.9. The number of fused-ring (bicyclic) bond motifs is 1. The Labute approximate surface area is 130 Å². The zero-order valence-electron chi connectivity index (χ0n) is 12.7. The van der Waals surface area contributed by atoms with Gasteiger partial charge in [0.15, 0.2) is 11.5 Å². The predicted molar refractivity (Wildman–Crippen MR) is 82.1 cm³/mol. The molecule has 0 spiro atoms. The number of nitrogens with zero attached hydrogens (tertiary/aromatic N) is 1. The highest BCUT2D eigenvalue weighted by Crippen LogP contribution is 2.43. The molecule has 2 atom stereocenters. The van der Waals surface area contributed by atoms with Gasteiger partial charge in [-0.25, -0.2) is 0 Å². The second kappa shape index (κ2) is 5.80. The number of amides is 1. The van der Waals surface area contributed by atoms with Crippen molar-refractivity contribution in [2.75, 3.05) is 32.8 Å². The van der Waals surface area contributed by atoms with Crippen LogP contribution in [0.1, 0.15) is 30.9 Å². The quantitative estimate of drug-likeness (QED) is 0.904. The van der Waals surface area contributed by atoms with Gasteiger partial charge in [-0.3, -0.25) is 4.79 Å². The van der Waals surface area contributed by atoms with Crippen molar-refractivity contribution in [2.24, 2.45) is 5.92 Å². The van der Waals surface area contributed by atoms with Crippen molar-refractivity contribution < 1.29 is 14.3 Å². The number of carbonyl (C=O) groups excluding carboxylic acids is 1. The van der Waals surface area contributed by atoms with Gasteiger partial charge in [-0.15, -0.1) is 0 Å². The summed E-state index contributed by atoms with van der Waals surface area (Å²) < 4.78 is 11.5. The third-order valence-corrected chi connectivity index (χ3v) is 4.90. The highest BCUT2D eigenvalue weighted by molar-refractivity contribution is 5.80. The molecule has 1 aromatic rings. The van der Waals surface area contributed by atoms with Crippen molar-refractivity contribution in [1.29, 1.82) is 0 Å². The number of likely N-dealkylation sites (tertiary alicyclic amines) is 1. The lowest BCUT2D eigenvalue weighted by molar-refractivity contribution is -0.135. The zero-order chi connectivity index (χ0) is 14.9. The van der Waals surface area contributed by atoms with Crippen LogP contribution in [0.5, 0.6) is 11.5 Å². The third-order valence-electron chi connectivity index (χ3n) is 4.90. The van der Waals surface area contributed by atoms with Gasteiger partial charge in [-0.2, -0.15) is 0 Å². The smallest absolute Gasteiger partial charge is 0.227 e. The zero-order valence-corrected chi connectivity index (χ0v) is 12.7. The van der Waals surface area contributed by atoms with Crippen LogP contribution < -0.4 is 14.8 Å². The molecule has 0 aromatic heterocycles. The Balaban J connectivity index is 1.62. The first-order valence-electron chi connectivity index (χ1n) is 8.24. The molecule has 0 aliphatic carbocycles. The van der Waals surface area contributed by atoms with Crippen molar-refractivity contribution in [2.45, 2.75) is 25.3 Å². The molecule has 3 aliphatic heterocycles. The van der Waals surface area contributed by atoms with Crippen molar-refractivity contribution in [3.63, 3.8) is 0 Å². The predicted octanol–water partition coefficient (Wildman–Crippen LogP) is 1.73. The Morgan fingerprint density at radius 3 is 3.00 bits per heavy atom. The molecule has 0 bridgehead atoms. The molecule has 1 aromatic carbocycles. The van der Waals surface area contributed by atoms with Crippen LogP contribution >= 0.6 is 0 Å². The van der Waals surface area contributed by atoms with Crippen LogP contribution in [0.15, 0.2) is 18.2 Å². The van der Waals surface area contributed by atoms with Crippen LogP contribution in [0, 0.1) is 5.92 Å². The van der Waals surface area contributed by atoms with E-state index < -0.39 is 0 Å². The number of hydrogen-bond acceptors (Lipinski definition) is 4. The summed E-state index contributed by atoms with van der Waals surface area (Å²) >= 11 is 0. The second-order valence-corrected chi connectivity index (χ2v) is 6.25. The van der Waals surface area contributed by atoms with E-state index in [2.05, 4.69) is 16.3 Å². The lowest BCUT2D eigenvalue weighted by Crippen LogP contribution is -2.36. The number of ether oxygens (including phenoxy) is 2. The van der Waals surface area contributed by atoms with Crippen LogP contribution in [-0.2, 0) is 4.79 Å². The highest BCUT2D eigenvalue weighted by atomic mass is 16.6. The molecule has 2 unspecified atom stereocenters. The van der Waals surface area contributed by atoms with E-state index in [4.69, 9.17) is 9.47 Å². The van der Waals surface area contributed by atoms with E-state index in [-0.39, 0.29) is 12.0 Å². The van der Waals surface area contributed by atoms with Gasteiger partial charge < -0.3 is 19.7 Å². The molecule has 1 amide bonds. The largest absolute Gasteiger partial charge is 0.486 e. The fraction of sp³-hybridized carbons (Fsp3) is 0.588. The van der Waals surface area contributed by atoms with Crippen molar-refractivity contribution in [1.82, 2.24) is 10.2 Å². The van der Waals surface area contributed by atoms with Crippen LogP contribution in [0.2, 0.25) is 0 Å². The number of para-hydroxylation sites is 1. The van der Waals surface area contributed by atoms with E-state index in [0.717, 1.165) is 56.0 Å². The highest BCUT2D eigenvalue weighted by Gasteiger charge is 2.37. The Morgan fingerprint density at radius 1 is 1.23 bits per heavy atom. The molecule has 3 heterocycles. The van der Waals surface area contributed by atoms with Crippen LogP contribution in [0.4, 0.5) is 0 Å². The van der Waals surface area contributed by atoms with Gasteiger partial charge in [0.2, 0.25) is 5.91 Å². The first-order valence-corrected chi connectivity index (χ1v) is 8.24. The summed E-state index contributed by atoms with van der Waals surface area (Å²) in [5, 5.41) is 3.29. The van der Waals surface area contributed by atoms with Crippen molar-refractivity contribution >= 4 is 5.91 Å². The fourth-order valence-electron chi connectivity index (χ4n) is 3.81. The van der Waals surface area contributed by atoms with E-state index in [1.165, 1.54) is 0 Å². The first-order chi connectivity index (χ1) is 10.8. The van der Waals surface area contributed by atoms with Gasteiger partial charge in [-0.05, 0) is 31.9 Å². The maximum Gasteiger partial charge on any atom is 0.227 e. The maximum atomic E-state index is 12.8. The van der Waals surface area contributed by atoms with E-state index in [1.807, 2.05) is 12.1 Å². The number of benzene rings is 1. The fourth-order valence-corrected chi connectivity index (χ4v) is 3.81. The monoisotopic (exact) mass is 302 g/mol. The van der Waals surface area contributed by atoms with Crippen molar-refractivity contribution in [3.05, 3.63) is 23.8 Å². The van der Waals surface area contributed by atoms with E-state index in [1.54, 1.807) is 0 Å². The molecule has 0 saturated carbocycles. The van der Waals surface area contributed by atoms with Crippen LogP contribution in [0.3, 0.4) is 0 Å². The first kappa shape index (κ1) is 13.9. The third kappa shape index (κ3) is 2.33. The van der Waals surface area contributed by atoms with Crippen LogP contribution in [0.25, 0.3) is 0 Å². The van der Waals surface area contributed by atoms with E-state index in [0.29, 0.717) is 19.1 Å². The number of carbonyl (C=O) groups is 1. The molecule has 5 heteroatoms. The maximum absolute atomic E-state index is 12.8. The average molecular weight is 302 g/mol. The Kier molecular flexibility index (Phi) is 3.66. The average Bonchev–Trinajstić information content (AvgIpc) is 3.25. The van der Waals surface area contributed by atoms with Gasteiger partial charge in [0, 0.05) is 18.7 Å². The van der Waals surface area contributed by atoms with Crippen molar-refractivity contribution in [3.8, 4) is 11.5 Å². The summed E-state index contributed by atoms with van der Waals surface area (Å²) in [6.45, 7) is 3.79. The summed E-state index contributed by atoms with van der Waals surface area (Å²) in [6.07, 6.45) is 3.02. The molecule has 118 valence electrons. The SMILES string of the molecule is O=C(C1CCNC1)N1CCCC1c1cccc2c1OCCO2. The van der Waals surface area contributed by atoms with Gasteiger partial charge in [0.25, 0.3) is 0 Å². The molecule has 4 rings (SSSR count).